The van der Waals surface area contributed by atoms with Gasteiger partial charge in [-0.3, -0.25) is 18.7 Å². The topological polar surface area (TPSA) is 377 Å². The maximum absolute atomic E-state index is 13.5. The molecule has 10 aromatic rings. The summed E-state index contributed by atoms with van der Waals surface area (Å²) >= 11 is 2.67. The summed E-state index contributed by atoms with van der Waals surface area (Å²) in [4.78, 5) is 44.4. The minimum Gasteiger partial charge on any atom is -0.748 e. The molecule has 0 radical (unpaired) electrons. The van der Waals surface area contributed by atoms with Crippen LogP contribution >= 0.6 is 22.7 Å². The summed E-state index contributed by atoms with van der Waals surface area (Å²) in [5, 5.41) is 20.3. The predicted molar refractivity (Wildman–Crippen MR) is 309 cm³/mol. The number of ether oxygens (including phenoxy) is 2. The van der Waals surface area contributed by atoms with Crippen LogP contribution in [0.2, 0.25) is 0 Å². The summed E-state index contributed by atoms with van der Waals surface area (Å²) in [6.07, 6.45) is 0. The molecule has 0 unspecified atom stereocenters. The Morgan fingerprint density at radius 3 is 1.18 bits per heavy atom. The van der Waals surface area contributed by atoms with Crippen LogP contribution in [0.25, 0.3) is 76.0 Å². The van der Waals surface area contributed by atoms with Gasteiger partial charge in [-0.15, -0.1) is 0 Å². The van der Waals surface area contributed by atoms with Crippen molar-refractivity contribution in [1.29, 1.82) is 0 Å². The monoisotopic (exact) mass is 1330 g/mol. The molecule has 0 saturated heterocycles. The fourth-order valence-corrected chi connectivity index (χ4v) is 12.3. The fraction of sp³-hybridized carbons (Fsp3) is 0.192. The van der Waals surface area contributed by atoms with Crippen LogP contribution in [0.4, 0.5) is 0 Å². The predicted octanol–water partition coefficient (Wildman–Crippen LogP) is -2.60. The van der Waals surface area contributed by atoms with E-state index in [0.29, 0.717) is 66.4 Å². The first-order valence-corrected chi connectivity index (χ1v) is 33.3. The van der Waals surface area contributed by atoms with Crippen molar-refractivity contribution >= 4 is 95.4 Å². The zero-order valence-corrected chi connectivity index (χ0v) is 55.7. The number of carbonyl (C=O) groups excluding carboxylic acids is 2. The zero-order valence-electron chi connectivity index (χ0n) is 46.8. The largest absolute Gasteiger partial charge is 1.00 e. The molecule has 0 aliphatic heterocycles. The maximum Gasteiger partial charge on any atom is 1.00 e. The van der Waals surface area contributed by atoms with Crippen LogP contribution in [0.5, 0.6) is 11.5 Å². The van der Waals surface area contributed by atoms with E-state index in [0.717, 1.165) is 19.2 Å². The molecule has 2 amide bonds. The Morgan fingerprint density at radius 1 is 0.511 bits per heavy atom. The number of carbonyl (C=O) groups is 2. The number of aromatic nitrogens is 10. The first-order valence-electron chi connectivity index (χ1n) is 25.3. The van der Waals surface area contributed by atoms with Crippen molar-refractivity contribution in [2.45, 2.75) is 0 Å². The molecule has 4 aromatic heterocycles. The molecule has 0 bridgehead atoms. The SMILES string of the molecule is COc1cc(-c2ccc(-n3nc(-c4ccc(C(=O)N(CCS(=O)(=O)[O-])CCS(=O)(=O)O)cc4)n[n+]3-c3nc4ccccc4s3)c(OC)c2)ccc1-n1nc(-c2ccc(C(=O)N(CCS(=O)(=O)[O-])CCS(=O)(=O)O)cc2)n[n+]1-c1nc2ccccc2s1.[Na+].[Na+]. The molecule has 0 aliphatic carbocycles. The summed E-state index contributed by atoms with van der Waals surface area (Å²) in [5.74, 6) is -4.37. The van der Waals surface area contributed by atoms with E-state index < -0.39 is 101 Å². The molecule has 0 atom stereocenters. The van der Waals surface area contributed by atoms with Gasteiger partial charge < -0.3 is 28.4 Å². The number of methoxy groups -OCH3 is 2. The van der Waals surface area contributed by atoms with Gasteiger partial charge in [0, 0.05) is 58.6 Å². The van der Waals surface area contributed by atoms with Crippen LogP contribution in [0.3, 0.4) is 0 Å². The van der Waals surface area contributed by atoms with Crippen LogP contribution in [0.15, 0.2) is 133 Å². The van der Waals surface area contributed by atoms with Gasteiger partial charge in [0.2, 0.25) is 0 Å². The van der Waals surface area contributed by atoms with E-state index in [-0.39, 0.29) is 81.9 Å². The molecule has 0 spiro atoms. The van der Waals surface area contributed by atoms with Gasteiger partial charge in [-0.25, -0.2) is 16.8 Å². The molecule has 36 heteroatoms. The quantitative estimate of drug-likeness (QED) is 0.0377. The zero-order chi connectivity index (χ0) is 61.3. The second-order valence-electron chi connectivity index (χ2n) is 18.7. The van der Waals surface area contributed by atoms with Gasteiger partial charge >= 0.3 is 69.4 Å². The molecule has 6 aromatic carbocycles. The van der Waals surface area contributed by atoms with Crippen molar-refractivity contribution in [2.24, 2.45) is 0 Å². The molecule has 0 saturated carbocycles. The molecule has 446 valence electrons. The van der Waals surface area contributed by atoms with E-state index in [1.807, 2.05) is 60.7 Å². The van der Waals surface area contributed by atoms with E-state index in [1.54, 1.807) is 24.3 Å². The normalized spacial score (nSPS) is 11.9. The van der Waals surface area contributed by atoms with Crippen molar-refractivity contribution in [3.05, 3.63) is 145 Å². The number of hydrogen-bond acceptors (Lipinski definition) is 22. The smallest absolute Gasteiger partial charge is 0.748 e. The number of hydrogen-bond donors (Lipinski definition) is 2. The third-order valence-corrected chi connectivity index (χ3v) is 17.7. The first kappa shape index (κ1) is 67.4. The van der Waals surface area contributed by atoms with Crippen LogP contribution in [-0.4, -0.2) is 177 Å². The number of fused-ring (bicyclic) bond motifs is 2. The summed E-state index contributed by atoms with van der Waals surface area (Å²) < 4.78 is 147. The standard InChI is InChI=1S/C52H46N12O16S6.2Na/c1-79-43-31-37(19-21-41(43)61-55-47(57-63(61)51-53-39-7-3-5-9-45(39)81-51)33-11-15-35(16-12-33)49(65)59(23-27-83(67,68)69)24-28-84(70,71)72)38-20-22-42(44(32-38)80-2)62-56-48(58-64(62)52-54-40-8-4-6-10-46(40)82-52)34-13-17-36(18-14-34)50(66)60(25-29-85(73,74)75)26-30-86(76,77)78;;/h3-22,31-32H,23-30H2,1-2H3,(H2-2,67,68,69,70,71,72,73,74,75,76,77,78);;/q;2*+1. The van der Waals surface area contributed by atoms with Crippen LogP contribution in [0, 0.1) is 0 Å². The number of para-hydroxylation sites is 2. The van der Waals surface area contributed by atoms with Crippen LogP contribution < -0.4 is 78.2 Å². The molecule has 28 nitrogen and oxygen atoms in total. The Labute approximate surface area is 554 Å². The Kier molecular flexibility index (Phi) is 21.2. The van der Waals surface area contributed by atoms with E-state index in [4.69, 9.17) is 39.8 Å². The van der Waals surface area contributed by atoms with Gasteiger partial charge in [0.1, 0.15) is 11.5 Å². The van der Waals surface area contributed by atoms with E-state index >= 15 is 0 Å². The maximum atomic E-state index is 13.5. The number of nitrogens with zero attached hydrogens (tertiary/aromatic N) is 12. The van der Waals surface area contributed by atoms with Gasteiger partial charge in [0.25, 0.3) is 43.7 Å². The molecular formula is C52H46N12Na2O16S6+2. The molecule has 2 N–H and O–H groups in total. The minimum absolute atomic E-state index is 0. The third-order valence-electron chi connectivity index (χ3n) is 13.0. The number of benzene rings is 6. The average molecular weight is 1330 g/mol. The van der Waals surface area contributed by atoms with Crippen LogP contribution in [0.1, 0.15) is 20.7 Å². The number of rotatable bonds is 23. The van der Waals surface area contributed by atoms with Crippen molar-refractivity contribution in [1.82, 2.24) is 49.8 Å². The number of tetrazole rings is 2. The molecule has 4 heterocycles. The fourth-order valence-electron chi connectivity index (χ4n) is 8.71. The summed E-state index contributed by atoms with van der Waals surface area (Å²) in [6, 6.07) is 37.4. The molecule has 0 fully saturated rings. The van der Waals surface area contributed by atoms with Gasteiger partial charge in [-0.2, -0.15) is 16.8 Å². The molecular weight excluding hydrogens is 1290 g/mol. The Morgan fingerprint density at radius 2 is 0.852 bits per heavy atom. The third kappa shape index (κ3) is 16.2. The second kappa shape index (κ2) is 27.7. The van der Waals surface area contributed by atoms with Gasteiger partial charge in [-0.1, -0.05) is 69.0 Å². The van der Waals surface area contributed by atoms with Crippen molar-refractivity contribution in [3.63, 3.8) is 0 Å². The first-order chi connectivity index (χ1) is 40.8. The Hall–Kier alpha value is -6.58. The van der Waals surface area contributed by atoms with Crippen molar-refractivity contribution in [3.8, 4) is 67.0 Å². The van der Waals surface area contributed by atoms with Gasteiger partial charge in [0.15, 0.2) is 22.4 Å². The summed E-state index contributed by atoms with van der Waals surface area (Å²) in [6.45, 7) is -2.42. The molecule has 0 aliphatic rings. The van der Waals surface area contributed by atoms with Gasteiger partial charge in [-0.05, 0) is 138 Å². The number of amides is 2. The summed E-state index contributed by atoms with van der Waals surface area (Å²) in [7, 11) is -15.7. The average Bonchev–Trinajstić information content (AvgIpc) is 1.77. The van der Waals surface area contributed by atoms with Gasteiger partial charge in [0.05, 0.1) is 66.9 Å². The Balaban J connectivity index is 0.00000501. The van der Waals surface area contributed by atoms with E-state index in [2.05, 4.69) is 0 Å². The second-order valence-corrected chi connectivity index (χ2v) is 27.0. The molecule has 88 heavy (non-hydrogen) atoms. The molecule has 10 rings (SSSR count). The van der Waals surface area contributed by atoms with E-state index in [9.17, 15) is 61.5 Å². The van der Waals surface area contributed by atoms with E-state index in [1.165, 1.54) is 105 Å². The number of thiazole rings is 2. The Bertz CT molecular complexity index is 4290. The minimum atomic E-state index is -4.79. The summed E-state index contributed by atoms with van der Waals surface area (Å²) in [5.41, 5.74) is 4.39. The van der Waals surface area contributed by atoms with Crippen LogP contribution in [-0.2, 0) is 40.5 Å². The van der Waals surface area contributed by atoms with Crippen molar-refractivity contribution < 1.29 is 140 Å². The van der Waals surface area contributed by atoms with Crippen molar-refractivity contribution in [2.75, 3.05) is 63.4 Å².